The third-order valence-electron chi connectivity index (χ3n) is 8.37. The minimum absolute atomic E-state index is 0.0102. The van der Waals surface area contributed by atoms with Gasteiger partial charge < -0.3 is 19.9 Å². The van der Waals surface area contributed by atoms with Gasteiger partial charge in [-0.2, -0.15) is 0 Å². The molecule has 35 heavy (non-hydrogen) atoms. The Morgan fingerprint density at radius 1 is 1.26 bits per heavy atom. The molecule has 9 nitrogen and oxygen atoms in total. The van der Waals surface area contributed by atoms with E-state index in [9.17, 15) is 20.4 Å². The van der Waals surface area contributed by atoms with Crippen molar-refractivity contribution < 1.29 is 24.8 Å². The van der Waals surface area contributed by atoms with Gasteiger partial charge in [0.2, 0.25) is 0 Å². The lowest BCUT2D eigenvalue weighted by molar-refractivity contribution is -0.386. The van der Waals surface area contributed by atoms with Crippen molar-refractivity contribution >= 4 is 17.1 Å². The first-order valence-electron chi connectivity index (χ1n) is 11.9. The van der Waals surface area contributed by atoms with Crippen LogP contribution in [0.3, 0.4) is 0 Å². The Labute approximate surface area is 203 Å². The zero-order valence-electron chi connectivity index (χ0n) is 19.8. The summed E-state index contributed by atoms with van der Waals surface area (Å²) in [5.74, 6) is 1.32. The Morgan fingerprint density at radius 2 is 2.06 bits per heavy atom. The summed E-state index contributed by atoms with van der Waals surface area (Å²) in [4.78, 5) is 16.6. The second-order valence-corrected chi connectivity index (χ2v) is 9.93. The maximum atomic E-state index is 11.3. The second-order valence-electron chi connectivity index (χ2n) is 9.93. The predicted molar refractivity (Wildman–Crippen MR) is 129 cm³/mol. The summed E-state index contributed by atoms with van der Waals surface area (Å²) in [6, 6.07) is 10.0. The molecule has 0 radical (unpaired) electrons. The number of oxime groups is 2. The monoisotopic (exact) mass is 479 g/mol. The van der Waals surface area contributed by atoms with E-state index in [1.54, 1.807) is 24.3 Å². The molecule has 2 N–H and O–H groups in total. The molecule has 4 atom stereocenters. The first-order valence-corrected chi connectivity index (χ1v) is 11.9. The molecule has 9 heteroatoms. The molecule has 0 bridgehead atoms. The number of hydrogen-bond acceptors (Lipinski definition) is 8. The van der Waals surface area contributed by atoms with E-state index in [4.69, 9.17) is 9.57 Å². The molecule has 0 heterocycles. The molecule has 0 amide bonds. The van der Waals surface area contributed by atoms with Crippen LogP contribution in [0.4, 0.5) is 5.69 Å². The SMILES string of the molecule is COc1cc2c(cc1O)/C(=N/OCc1ccccc1[N+](=O)[O-])C[C@@H]1[C@@H]2CC[C@]2(C)/C(=N/O)CC[C@@H]12. The highest BCUT2D eigenvalue weighted by Crippen LogP contribution is 2.60. The molecule has 5 rings (SSSR count). The molecule has 2 fully saturated rings. The van der Waals surface area contributed by atoms with Crippen molar-refractivity contribution in [3.05, 3.63) is 63.2 Å². The molecule has 3 aliphatic carbocycles. The molecule has 0 unspecified atom stereocenters. The molecule has 0 aliphatic heterocycles. The van der Waals surface area contributed by atoms with Crippen LogP contribution in [0.5, 0.6) is 11.5 Å². The molecule has 2 aromatic carbocycles. The van der Waals surface area contributed by atoms with E-state index < -0.39 is 4.92 Å². The fourth-order valence-corrected chi connectivity index (χ4v) is 6.63. The van der Waals surface area contributed by atoms with Crippen LogP contribution in [0.1, 0.15) is 61.6 Å². The average molecular weight is 480 g/mol. The van der Waals surface area contributed by atoms with Crippen molar-refractivity contribution in [2.45, 2.75) is 51.6 Å². The van der Waals surface area contributed by atoms with Crippen LogP contribution in [0.25, 0.3) is 0 Å². The van der Waals surface area contributed by atoms with Gasteiger partial charge in [-0.3, -0.25) is 10.1 Å². The van der Waals surface area contributed by atoms with Crippen molar-refractivity contribution in [3.8, 4) is 11.5 Å². The van der Waals surface area contributed by atoms with Crippen molar-refractivity contribution in [2.75, 3.05) is 7.11 Å². The van der Waals surface area contributed by atoms with Gasteiger partial charge in [-0.1, -0.05) is 29.4 Å². The Bertz CT molecular complexity index is 1230. The fourth-order valence-electron chi connectivity index (χ4n) is 6.63. The van der Waals surface area contributed by atoms with Gasteiger partial charge in [-0.15, -0.1) is 0 Å². The predicted octanol–water partition coefficient (Wildman–Crippen LogP) is 5.37. The maximum Gasteiger partial charge on any atom is 0.276 e. The quantitative estimate of drug-likeness (QED) is 0.337. The number of ether oxygens (including phenoxy) is 1. The largest absolute Gasteiger partial charge is 0.504 e. The Balaban J connectivity index is 1.51. The van der Waals surface area contributed by atoms with Gasteiger partial charge in [0.15, 0.2) is 11.5 Å². The Kier molecular flexibility index (Phi) is 5.86. The Hall–Kier alpha value is -3.62. The first kappa shape index (κ1) is 23.1. The number of phenolic OH excluding ortho intramolecular Hbond substituents is 1. The van der Waals surface area contributed by atoms with Crippen LogP contribution in [-0.2, 0) is 11.4 Å². The van der Waals surface area contributed by atoms with Crippen LogP contribution in [0, 0.1) is 27.4 Å². The van der Waals surface area contributed by atoms with Crippen molar-refractivity contribution in [2.24, 2.45) is 27.6 Å². The zero-order chi connectivity index (χ0) is 24.7. The number of hydrogen-bond donors (Lipinski definition) is 2. The minimum Gasteiger partial charge on any atom is -0.504 e. The summed E-state index contributed by atoms with van der Waals surface area (Å²) in [7, 11) is 1.53. The van der Waals surface area contributed by atoms with E-state index in [2.05, 4.69) is 17.2 Å². The van der Waals surface area contributed by atoms with Crippen LogP contribution in [-0.4, -0.2) is 33.8 Å². The zero-order valence-corrected chi connectivity index (χ0v) is 19.8. The van der Waals surface area contributed by atoms with Crippen molar-refractivity contribution in [1.82, 2.24) is 0 Å². The van der Waals surface area contributed by atoms with Gasteiger partial charge >= 0.3 is 0 Å². The van der Waals surface area contributed by atoms with Gasteiger partial charge in [-0.05, 0) is 73.6 Å². The topological polar surface area (TPSA) is 127 Å². The van der Waals surface area contributed by atoms with E-state index in [1.807, 2.05) is 6.07 Å². The number of aromatic hydroxyl groups is 1. The number of methoxy groups -OCH3 is 1. The number of benzene rings is 2. The van der Waals surface area contributed by atoms with E-state index in [1.165, 1.54) is 13.2 Å². The van der Waals surface area contributed by atoms with Crippen LogP contribution < -0.4 is 4.74 Å². The smallest absolute Gasteiger partial charge is 0.276 e. The fraction of sp³-hybridized carbons (Fsp3) is 0.462. The molecular weight excluding hydrogens is 450 g/mol. The number of phenols is 1. The van der Waals surface area contributed by atoms with Gasteiger partial charge in [0.05, 0.1) is 29.0 Å². The molecule has 3 aliphatic rings. The molecule has 2 aromatic rings. The number of rotatable bonds is 5. The van der Waals surface area contributed by atoms with E-state index in [0.29, 0.717) is 29.4 Å². The summed E-state index contributed by atoms with van der Waals surface area (Å²) in [5, 5.41) is 39.5. The second kappa shape index (κ2) is 8.87. The van der Waals surface area contributed by atoms with Crippen LogP contribution >= 0.6 is 0 Å². The molecular formula is C26H29N3O6. The lowest BCUT2D eigenvalue weighted by Crippen LogP contribution is -2.43. The van der Waals surface area contributed by atoms with E-state index in [-0.39, 0.29) is 35.3 Å². The number of nitro benzene ring substituents is 1. The number of nitrogens with zero attached hydrogens (tertiary/aromatic N) is 3. The number of fused-ring (bicyclic) bond motifs is 5. The van der Waals surface area contributed by atoms with E-state index in [0.717, 1.165) is 42.5 Å². The van der Waals surface area contributed by atoms with Crippen LogP contribution in [0.15, 0.2) is 46.7 Å². The van der Waals surface area contributed by atoms with Crippen molar-refractivity contribution in [1.29, 1.82) is 0 Å². The summed E-state index contributed by atoms with van der Waals surface area (Å²) < 4.78 is 5.40. The summed E-state index contributed by atoms with van der Waals surface area (Å²) in [5.41, 5.74) is 3.76. The lowest BCUT2D eigenvalue weighted by Gasteiger charge is -2.48. The molecule has 184 valence electrons. The molecule has 0 saturated heterocycles. The third-order valence-corrected chi connectivity index (χ3v) is 8.37. The normalized spacial score (nSPS) is 29.4. The summed E-state index contributed by atoms with van der Waals surface area (Å²) >= 11 is 0. The first-order chi connectivity index (χ1) is 16.9. The maximum absolute atomic E-state index is 11.3. The highest BCUT2D eigenvalue weighted by molar-refractivity contribution is 6.04. The highest BCUT2D eigenvalue weighted by Gasteiger charge is 2.54. The number of para-hydroxylation sites is 1. The highest BCUT2D eigenvalue weighted by atomic mass is 16.6. The lowest BCUT2D eigenvalue weighted by atomic mass is 9.55. The molecule has 0 spiro atoms. The Morgan fingerprint density at radius 3 is 2.80 bits per heavy atom. The van der Waals surface area contributed by atoms with E-state index >= 15 is 0 Å². The van der Waals surface area contributed by atoms with Gasteiger partial charge in [0, 0.05) is 17.0 Å². The minimum atomic E-state index is -0.431. The van der Waals surface area contributed by atoms with Gasteiger partial charge in [0.25, 0.3) is 5.69 Å². The molecule has 2 saturated carbocycles. The van der Waals surface area contributed by atoms with Gasteiger partial charge in [0.1, 0.15) is 6.61 Å². The van der Waals surface area contributed by atoms with Gasteiger partial charge in [-0.25, -0.2) is 0 Å². The standard InChI is InChI=1S/C26H29N3O6/c1-26-10-9-16-17-13-24(34-2)23(30)12-19(17)21(11-18(16)20(26)7-8-25(26)27-31)28-35-14-15-5-3-4-6-22(15)29(32)33/h3-6,12-13,16,18,20,30-31H,7-11,14H2,1-2H3/b27-25+,28-21+/t16-,18-,20+,26+/m1/s1. The van der Waals surface area contributed by atoms with Crippen molar-refractivity contribution in [3.63, 3.8) is 0 Å². The molecule has 0 aromatic heterocycles. The summed E-state index contributed by atoms with van der Waals surface area (Å²) in [6.45, 7) is 2.17. The third kappa shape index (κ3) is 3.79. The average Bonchev–Trinajstić information content (AvgIpc) is 3.20. The number of nitro groups is 1. The summed E-state index contributed by atoms with van der Waals surface area (Å²) in [6.07, 6.45) is 4.25. The van der Waals surface area contributed by atoms with Crippen LogP contribution in [0.2, 0.25) is 0 Å².